The fourth-order valence-electron chi connectivity index (χ4n) is 2.46. The zero-order valence-electron chi connectivity index (χ0n) is 11.7. The van der Waals surface area contributed by atoms with Crippen molar-refractivity contribution in [2.45, 2.75) is 32.2 Å². The minimum atomic E-state index is -0.779. The van der Waals surface area contributed by atoms with Gasteiger partial charge in [0.05, 0.1) is 6.61 Å². The van der Waals surface area contributed by atoms with Crippen LogP contribution in [0.4, 0.5) is 0 Å². The normalized spacial score (nSPS) is 18.9. The van der Waals surface area contributed by atoms with Gasteiger partial charge in [-0.1, -0.05) is 13.8 Å². The van der Waals surface area contributed by atoms with Gasteiger partial charge in [0, 0.05) is 20.2 Å². The summed E-state index contributed by atoms with van der Waals surface area (Å²) in [6.07, 6.45) is 2.03. The number of likely N-dealkylation sites (N-methyl/N-ethyl adjacent to an activating group) is 2. The van der Waals surface area contributed by atoms with Gasteiger partial charge in [0.25, 0.3) is 0 Å². The molecule has 0 aromatic carbocycles. The van der Waals surface area contributed by atoms with Crippen LogP contribution in [-0.2, 0) is 9.53 Å². The molecule has 1 saturated carbocycles. The first kappa shape index (κ1) is 15.4. The smallest absolute Gasteiger partial charge is 0.325 e. The quantitative estimate of drug-likeness (QED) is 0.607. The summed E-state index contributed by atoms with van der Waals surface area (Å²) in [5.74, 6) is -0.450. The number of hydrogen-bond acceptors (Lipinski definition) is 4. The Balaban J connectivity index is 2.72. The molecule has 0 bridgehead atoms. The summed E-state index contributed by atoms with van der Waals surface area (Å²) >= 11 is 0. The highest BCUT2D eigenvalue weighted by Crippen LogP contribution is 2.40. The van der Waals surface area contributed by atoms with Crippen LogP contribution < -0.4 is 5.32 Å². The van der Waals surface area contributed by atoms with Crippen molar-refractivity contribution in [3.05, 3.63) is 0 Å². The molecule has 18 heavy (non-hydrogen) atoms. The first-order chi connectivity index (χ1) is 8.60. The van der Waals surface area contributed by atoms with Gasteiger partial charge >= 0.3 is 5.97 Å². The van der Waals surface area contributed by atoms with E-state index in [2.05, 4.69) is 17.1 Å². The zero-order chi connectivity index (χ0) is 13.6. The van der Waals surface area contributed by atoms with Crippen molar-refractivity contribution in [3.8, 4) is 0 Å². The first-order valence-corrected chi connectivity index (χ1v) is 6.80. The Kier molecular flexibility index (Phi) is 6.05. The van der Waals surface area contributed by atoms with Gasteiger partial charge in [0.15, 0.2) is 0 Å². The summed E-state index contributed by atoms with van der Waals surface area (Å²) in [6, 6.07) is 0. The van der Waals surface area contributed by atoms with Crippen LogP contribution in [0.3, 0.4) is 0 Å². The highest BCUT2D eigenvalue weighted by Gasteiger charge is 2.51. The largest absolute Gasteiger partial charge is 0.480 e. The van der Waals surface area contributed by atoms with E-state index in [-0.39, 0.29) is 5.92 Å². The summed E-state index contributed by atoms with van der Waals surface area (Å²) in [5, 5.41) is 12.8. The van der Waals surface area contributed by atoms with Gasteiger partial charge < -0.3 is 15.2 Å². The van der Waals surface area contributed by atoms with Gasteiger partial charge in [-0.25, -0.2) is 0 Å². The lowest BCUT2D eigenvalue weighted by Crippen LogP contribution is -2.61. The highest BCUT2D eigenvalue weighted by atomic mass is 16.5. The predicted octanol–water partition coefficient (Wildman–Crippen LogP) is 0.798. The second-order valence-electron chi connectivity index (χ2n) is 4.94. The lowest BCUT2D eigenvalue weighted by Gasteiger charge is -2.35. The number of nitrogens with zero attached hydrogens (tertiary/aromatic N) is 1. The molecule has 2 N–H and O–H groups in total. The number of carboxylic acid groups (broad SMARTS) is 1. The molecule has 1 aliphatic carbocycles. The molecule has 1 atom stereocenters. The molecule has 106 valence electrons. The first-order valence-electron chi connectivity index (χ1n) is 6.80. The molecule has 0 heterocycles. The highest BCUT2D eigenvalue weighted by molar-refractivity contribution is 5.80. The number of hydrogen-bond donors (Lipinski definition) is 2. The van der Waals surface area contributed by atoms with Crippen LogP contribution in [-0.4, -0.2) is 61.4 Å². The van der Waals surface area contributed by atoms with Gasteiger partial charge in [-0.05, 0) is 31.8 Å². The second-order valence-corrected chi connectivity index (χ2v) is 4.94. The van der Waals surface area contributed by atoms with Crippen molar-refractivity contribution >= 4 is 5.97 Å². The number of carbonyl (C=O) groups is 1. The molecule has 1 unspecified atom stereocenters. The fraction of sp³-hybridized carbons (Fsp3) is 0.923. The number of ether oxygens (including phenoxy) is 1. The number of rotatable bonds is 10. The van der Waals surface area contributed by atoms with E-state index < -0.39 is 11.5 Å². The third-order valence-corrected chi connectivity index (χ3v) is 3.68. The van der Waals surface area contributed by atoms with Crippen LogP contribution >= 0.6 is 0 Å². The summed E-state index contributed by atoms with van der Waals surface area (Å²) in [5.41, 5.74) is -0.779. The van der Waals surface area contributed by atoms with E-state index in [0.29, 0.717) is 19.7 Å². The molecule has 0 aliphatic heterocycles. The number of methoxy groups -OCH3 is 1. The van der Waals surface area contributed by atoms with Gasteiger partial charge in [0.1, 0.15) is 5.54 Å². The maximum absolute atomic E-state index is 11.7. The summed E-state index contributed by atoms with van der Waals surface area (Å²) < 4.78 is 5.08. The Labute approximate surface area is 109 Å². The molecule has 0 aromatic rings. The Morgan fingerprint density at radius 1 is 1.50 bits per heavy atom. The van der Waals surface area contributed by atoms with Gasteiger partial charge in [-0.3, -0.25) is 9.69 Å². The van der Waals surface area contributed by atoms with E-state index >= 15 is 0 Å². The molecular weight excluding hydrogens is 232 g/mol. The van der Waals surface area contributed by atoms with Crippen LogP contribution in [0, 0.1) is 5.92 Å². The molecule has 1 aliphatic rings. The Bertz CT molecular complexity index is 269. The molecule has 0 saturated heterocycles. The zero-order valence-corrected chi connectivity index (χ0v) is 11.7. The van der Waals surface area contributed by atoms with Crippen molar-refractivity contribution in [1.82, 2.24) is 10.2 Å². The van der Waals surface area contributed by atoms with E-state index in [1.807, 2.05) is 6.92 Å². The molecule has 0 aromatic heterocycles. The molecular formula is C13H26N2O3. The van der Waals surface area contributed by atoms with E-state index in [9.17, 15) is 9.90 Å². The van der Waals surface area contributed by atoms with Gasteiger partial charge in [0.2, 0.25) is 0 Å². The standard InChI is InChI=1S/C13H26N2O3/c1-4-14-13(12(16)17,11-6-7-11)10-15(5-2)8-9-18-3/h11,14H,4-10H2,1-3H3,(H,16,17). The third kappa shape index (κ3) is 3.67. The number of aliphatic carboxylic acids is 1. The Morgan fingerprint density at radius 3 is 2.56 bits per heavy atom. The van der Waals surface area contributed by atoms with E-state index in [1.165, 1.54) is 0 Å². The van der Waals surface area contributed by atoms with Gasteiger partial charge in [-0.15, -0.1) is 0 Å². The number of carboxylic acids is 1. The van der Waals surface area contributed by atoms with Crippen molar-refractivity contribution in [1.29, 1.82) is 0 Å². The summed E-state index contributed by atoms with van der Waals surface area (Å²) in [4.78, 5) is 13.8. The van der Waals surface area contributed by atoms with E-state index in [0.717, 1.165) is 25.9 Å². The molecule has 0 spiro atoms. The maximum Gasteiger partial charge on any atom is 0.325 e. The molecule has 1 rings (SSSR count). The number of nitrogens with one attached hydrogen (secondary N) is 1. The van der Waals surface area contributed by atoms with Crippen molar-refractivity contribution in [3.63, 3.8) is 0 Å². The van der Waals surface area contributed by atoms with Crippen LogP contribution in [0.2, 0.25) is 0 Å². The average Bonchev–Trinajstić information content (AvgIpc) is 3.17. The van der Waals surface area contributed by atoms with Crippen LogP contribution in [0.5, 0.6) is 0 Å². The monoisotopic (exact) mass is 258 g/mol. The molecule has 5 nitrogen and oxygen atoms in total. The van der Waals surface area contributed by atoms with Crippen molar-refractivity contribution < 1.29 is 14.6 Å². The summed E-state index contributed by atoms with van der Waals surface area (Å²) in [7, 11) is 1.67. The Morgan fingerprint density at radius 2 is 2.17 bits per heavy atom. The topological polar surface area (TPSA) is 61.8 Å². The molecule has 5 heteroatoms. The minimum absolute atomic E-state index is 0.270. The molecule has 0 amide bonds. The minimum Gasteiger partial charge on any atom is -0.480 e. The summed E-state index contributed by atoms with van der Waals surface area (Å²) in [6.45, 7) is 7.52. The van der Waals surface area contributed by atoms with Crippen LogP contribution in [0.1, 0.15) is 26.7 Å². The second kappa shape index (κ2) is 7.07. The lowest BCUT2D eigenvalue weighted by atomic mass is 9.92. The van der Waals surface area contributed by atoms with Gasteiger partial charge in [-0.2, -0.15) is 0 Å². The lowest BCUT2D eigenvalue weighted by molar-refractivity contribution is -0.147. The third-order valence-electron chi connectivity index (χ3n) is 3.68. The van der Waals surface area contributed by atoms with Crippen LogP contribution in [0.15, 0.2) is 0 Å². The van der Waals surface area contributed by atoms with Crippen molar-refractivity contribution in [2.75, 3.05) is 39.9 Å². The maximum atomic E-state index is 11.7. The predicted molar refractivity (Wildman–Crippen MR) is 70.8 cm³/mol. The van der Waals surface area contributed by atoms with E-state index in [1.54, 1.807) is 7.11 Å². The SMILES string of the molecule is CCNC(CN(CC)CCOC)(C(=O)O)C1CC1. The molecule has 1 fully saturated rings. The Hall–Kier alpha value is -0.650. The van der Waals surface area contributed by atoms with E-state index in [4.69, 9.17) is 4.74 Å². The van der Waals surface area contributed by atoms with Crippen molar-refractivity contribution in [2.24, 2.45) is 5.92 Å². The molecule has 0 radical (unpaired) electrons. The average molecular weight is 258 g/mol. The van der Waals surface area contributed by atoms with Crippen LogP contribution in [0.25, 0.3) is 0 Å². The fourth-order valence-corrected chi connectivity index (χ4v) is 2.46.